The number of aryl methyl sites for hydroxylation is 3. The van der Waals surface area contributed by atoms with Gasteiger partial charge in [-0.15, -0.1) is 0 Å². The first kappa shape index (κ1) is 44.1. The van der Waals surface area contributed by atoms with Crippen LogP contribution in [0.1, 0.15) is 16.7 Å². The summed E-state index contributed by atoms with van der Waals surface area (Å²) in [5.74, 6) is 0. The average Bonchev–Trinajstić information content (AvgIpc) is 4.56. The Balaban J connectivity index is 0.0000000907. The molecule has 0 bridgehead atoms. The van der Waals surface area contributed by atoms with Crippen molar-refractivity contribution in [1.82, 2.24) is 13.7 Å². The number of hydrogen-bond donors (Lipinski definition) is 0. The lowest BCUT2D eigenvalue weighted by molar-refractivity contribution is 1.19. The standard InChI is InChI=1S/3C25H16BN/c1-15-13-14-22-24-23(15)18-8-2-4-10-19(18)26(24)20-11-6-9-17-16-7-3-5-12-21(16)27(22)25(17)20;1-15-7-4-11-19-23(15)18-10-6-14-22-24(18)26(19)20-12-5-9-17-16-8-2-3-13-21(16)27(22)25(17)20;1-15-12-13-20-19(14-15)17-7-5-11-23-24(17)26(20)21-9-4-8-18-16-6-2-3-10-22(16)27(23)25(18)21/h3*2-14H,1H3. The molecular formula is C75H48B3N3. The highest BCUT2D eigenvalue weighted by atomic mass is 15.0. The average molecular weight is 1020 g/mol. The molecule has 0 amide bonds. The van der Waals surface area contributed by atoms with Crippen LogP contribution in [0.25, 0.3) is 116 Å². The molecule has 81 heavy (non-hydrogen) atoms. The molecule has 0 N–H and O–H groups in total. The highest BCUT2D eigenvalue weighted by molar-refractivity contribution is 7.03. The Bertz CT molecular complexity index is 5370. The van der Waals surface area contributed by atoms with Crippen molar-refractivity contribution in [3.8, 4) is 50.4 Å². The van der Waals surface area contributed by atoms with Gasteiger partial charge in [0.05, 0.1) is 16.6 Å². The number of aromatic nitrogens is 3. The predicted octanol–water partition coefficient (Wildman–Crippen LogP) is 11.7. The molecule has 6 heteroatoms. The fraction of sp³-hybridized carbons (Fsp3) is 0.0400. The Morgan fingerprint density at radius 2 is 0.667 bits per heavy atom. The monoisotopic (exact) mass is 1020 g/mol. The second-order valence-electron chi connectivity index (χ2n) is 23.5. The molecular weight excluding hydrogens is 975 g/mol. The Morgan fingerprint density at radius 3 is 1.27 bits per heavy atom. The Labute approximate surface area is 470 Å². The first-order valence-corrected chi connectivity index (χ1v) is 28.8. The molecule has 0 spiro atoms. The third-order valence-corrected chi connectivity index (χ3v) is 19.5. The van der Waals surface area contributed by atoms with Crippen LogP contribution in [0.15, 0.2) is 237 Å². The normalized spacial score (nSPS) is 13.3. The SMILES string of the molecule is Cc1ccc2c(c1)-c1cccc3c1B2c1cccc2c4ccccc4n-3c12.Cc1ccc2c3c1-c1ccccc1B3c1cccc3c4ccccc4n-2c13.Cc1cccc2c1-c1cccc3c1B2c1cccc2c4ccccc4n-3c12. The first-order valence-electron chi connectivity index (χ1n) is 28.8. The molecule has 0 radical (unpaired) electrons. The van der Waals surface area contributed by atoms with Crippen LogP contribution in [-0.4, -0.2) is 33.8 Å². The van der Waals surface area contributed by atoms with Crippen molar-refractivity contribution in [2.75, 3.05) is 0 Å². The van der Waals surface area contributed by atoms with Gasteiger partial charge in [-0.3, -0.25) is 0 Å². The van der Waals surface area contributed by atoms with Crippen molar-refractivity contribution in [2.24, 2.45) is 0 Å². The highest BCUT2D eigenvalue weighted by Gasteiger charge is 2.44. The molecule has 0 fully saturated rings. The number of fused-ring (bicyclic) bond motifs is 24. The molecule has 372 valence electrons. The van der Waals surface area contributed by atoms with Crippen molar-refractivity contribution in [3.63, 3.8) is 0 Å². The molecule has 3 aromatic heterocycles. The molecule has 6 aliphatic heterocycles. The number of para-hydroxylation sites is 6. The van der Waals surface area contributed by atoms with Crippen LogP contribution in [0.3, 0.4) is 0 Å². The topological polar surface area (TPSA) is 14.8 Å². The van der Waals surface area contributed by atoms with Gasteiger partial charge in [-0.2, -0.15) is 0 Å². The summed E-state index contributed by atoms with van der Waals surface area (Å²) in [6, 6.07) is 87.9. The van der Waals surface area contributed by atoms with Crippen LogP contribution >= 0.6 is 0 Å². The maximum Gasteiger partial charge on any atom is 0.248 e. The van der Waals surface area contributed by atoms with Crippen molar-refractivity contribution < 1.29 is 0 Å². The van der Waals surface area contributed by atoms with Crippen LogP contribution in [0, 0.1) is 20.8 Å². The van der Waals surface area contributed by atoms with Crippen LogP contribution in [0.2, 0.25) is 0 Å². The number of benzene rings is 12. The van der Waals surface area contributed by atoms with Crippen molar-refractivity contribution >= 4 is 135 Å². The summed E-state index contributed by atoms with van der Waals surface area (Å²) in [6.45, 7) is 7.70. The smallest absolute Gasteiger partial charge is 0.248 e. The lowest BCUT2D eigenvalue weighted by Gasteiger charge is -2.25. The fourth-order valence-corrected chi connectivity index (χ4v) is 16.6. The lowest BCUT2D eigenvalue weighted by atomic mass is 9.37. The van der Waals surface area contributed by atoms with E-state index in [4.69, 9.17) is 0 Å². The van der Waals surface area contributed by atoms with Crippen molar-refractivity contribution in [1.29, 1.82) is 0 Å². The molecule has 6 aliphatic rings. The van der Waals surface area contributed by atoms with Crippen molar-refractivity contribution in [3.05, 3.63) is 253 Å². The summed E-state index contributed by atoms with van der Waals surface area (Å²) in [7, 11) is 0. The first-order chi connectivity index (χ1) is 40.0. The number of nitrogens with zero attached hydrogens (tertiary/aromatic N) is 3. The predicted molar refractivity (Wildman–Crippen MR) is 347 cm³/mol. The van der Waals surface area contributed by atoms with E-state index in [9.17, 15) is 0 Å². The molecule has 12 aromatic carbocycles. The summed E-state index contributed by atoms with van der Waals surface area (Å²) in [4.78, 5) is 0. The van der Waals surface area contributed by atoms with Crippen LogP contribution in [-0.2, 0) is 0 Å². The minimum Gasteiger partial charge on any atom is -0.310 e. The maximum absolute atomic E-state index is 2.50. The fourth-order valence-electron chi connectivity index (χ4n) is 16.6. The Kier molecular flexibility index (Phi) is 8.58. The van der Waals surface area contributed by atoms with Gasteiger partial charge in [-0.05, 0) is 134 Å². The summed E-state index contributed by atoms with van der Waals surface area (Å²) in [5, 5.41) is 8.12. The Morgan fingerprint density at radius 1 is 0.259 bits per heavy atom. The van der Waals surface area contributed by atoms with Gasteiger partial charge in [-0.25, -0.2) is 0 Å². The zero-order valence-electron chi connectivity index (χ0n) is 45.1. The third-order valence-electron chi connectivity index (χ3n) is 19.5. The van der Waals surface area contributed by atoms with E-state index in [0.29, 0.717) is 20.1 Å². The third kappa shape index (κ3) is 5.48. The minimum atomic E-state index is 0.339. The van der Waals surface area contributed by atoms with Crippen LogP contribution in [0.4, 0.5) is 0 Å². The molecule has 3 nitrogen and oxygen atoms in total. The maximum atomic E-state index is 2.50. The second-order valence-corrected chi connectivity index (χ2v) is 23.5. The van der Waals surface area contributed by atoms with Gasteiger partial charge in [0, 0.05) is 65.9 Å². The van der Waals surface area contributed by atoms with E-state index in [1.165, 1.54) is 182 Å². The van der Waals surface area contributed by atoms with E-state index in [0.717, 1.165) is 0 Å². The molecule has 15 aromatic rings. The molecule has 0 saturated carbocycles. The van der Waals surface area contributed by atoms with Gasteiger partial charge in [0.1, 0.15) is 0 Å². The highest BCUT2D eigenvalue weighted by Crippen LogP contribution is 2.41. The summed E-state index contributed by atoms with van der Waals surface area (Å²) in [5.41, 5.74) is 37.8. The molecule has 0 aliphatic carbocycles. The summed E-state index contributed by atoms with van der Waals surface area (Å²) in [6.07, 6.45) is 0. The largest absolute Gasteiger partial charge is 0.310 e. The lowest BCUT2D eigenvalue weighted by Crippen LogP contribution is -2.53. The van der Waals surface area contributed by atoms with E-state index in [1.54, 1.807) is 0 Å². The number of rotatable bonds is 0. The molecule has 0 saturated heterocycles. The van der Waals surface area contributed by atoms with Gasteiger partial charge in [0.15, 0.2) is 0 Å². The van der Waals surface area contributed by atoms with Crippen LogP contribution in [0.5, 0.6) is 0 Å². The molecule has 9 heterocycles. The second kappa shape index (κ2) is 15.7. The molecule has 21 rings (SSSR count). The molecule has 0 unspecified atom stereocenters. The molecule has 0 atom stereocenters. The Hall–Kier alpha value is -9.77. The quantitative estimate of drug-likeness (QED) is 0.135. The zero-order valence-corrected chi connectivity index (χ0v) is 45.1. The van der Waals surface area contributed by atoms with Gasteiger partial charge in [0.25, 0.3) is 0 Å². The number of hydrogen-bond acceptors (Lipinski definition) is 0. The van der Waals surface area contributed by atoms with E-state index >= 15 is 0 Å². The zero-order chi connectivity index (χ0) is 53.1. The van der Waals surface area contributed by atoms with Gasteiger partial charge in [0.2, 0.25) is 20.1 Å². The van der Waals surface area contributed by atoms with E-state index in [1.807, 2.05) is 0 Å². The van der Waals surface area contributed by atoms with Gasteiger partial charge < -0.3 is 13.7 Å². The van der Waals surface area contributed by atoms with Gasteiger partial charge in [-0.1, -0.05) is 222 Å². The minimum absolute atomic E-state index is 0.339. The van der Waals surface area contributed by atoms with Crippen LogP contribution < -0.4 is 49.2 Å². The summed E-state index contributed by atoms with van der Waals surface area (Å²) >= 11 is 0. The van der Waals surface area contributed by atoms with E-state index in [-0.39, 0.29) is 0 Å². The summed E-state index contributed by atoms with van der Waals surface area (Å²) < 4.78 is 7.49. The van der Waals surface area contributed by atoms with Gasteiger partial charge >= 0.3 is 0 Å². The van der Waals surface area contributed by atoms with Crippen molar-refractivity contribution in [2.45, 2.75) is 20.8 Å². The van der Waals surface area contributed by atoms with E-state index < -0.39 is 0 Å². The van der Waals surface area contributed by atoms with E-state index in [2.05, 4.69) is 271 Å².